The molecule has 4 heterocycles. The molecule has 226 valence electrons. The maximum Gasteiger partial charge on any atom is 0.431 e. The van der Waals surface area contributed by atoms with Gasteiger partial charge >= 0.3 is 12.1 Å². The molecule has 2 amide bonds. The van der Waals surface area contributed by atoms with Crippen LogP contribution in [0.5, 0.6) is 0 Å². The first-order valence-electron chi connectivity index (χ1n) is 14.4. The minimum Gasteiger partial charge on any atom is -0.460 e. The first-order valence-corrected chi connectivity index (χ1v) is 14.4. The predicted octanol–water partition coefficient (Wildman–Crippen LogP) is 3.98. The zero-order chi connectivity index (χ0) is 30.8. The molecular formula is C31H33FN4O7. The quantitative estimate of drug-likeness (QED) is 0.262. The van der Waals surface area contributed by atoms with Crippen LogP contribution >= 0.6 is 0 Å². The van der Waals surface area contributed by atoms with Gasteiger partial charge in [-0.2, -0.15) is 5.48 Å². The highest BCUT2D eigenvalue weighted by molar-refractivity contribution is 5.94. The number of carbonyl (C=O) groups is 3. The van der Waals surface area contributed by atoms with Gasteiger partial charge in [0, 0.05) is 17.0 Å². The second-order valence-electron chi connectivity index (χ2n) is 12.2. The normalized spacial score (nSPS) is 18.4. The van der Waals surface area contributed by atoms with Crippen LogP contribution < -0.4 is 16.4 Å². The number of halogens is 1. The van der Waals surface area contributed by atoms with E-state index < -0.39 is 36.2 Å². The summed E-state index contributed by atoms with van der Waals surface area (Å²) < 4.78 is 27.1. The number of esters is 1. The summed E-state index contributed by atoms with van der Waals surface area (Å²) in [4.78, 5) is 61.0. The smallest absolute Gasteiger partial charge is 0.431 e. The zero-order valence-corrected chi connectivity index (χ0v) is 24.7. The predicted molar refractivity (Wildman–Crippen MR) is 153 cm³/mol. The molecule has 0 saturated heterocycles. The molecule has 0 spiro atoms. The molecule has 1 aromatic carbocycles. The Morgan fingerprint density at radius 1 is 1.19 bits per heavy atom. The Labute approximate surface area is 246 Å². The topological polar surface area (TPSA) is 138 Å². The van der Waals surface area contributed by atoms with E-state index in [2.05, 4.69) is 10.8 Å². The van der Waals surface area contributed by atoms with Gasteiger partial charge in [-0.15, -0.1) is 0 Å². The zero-order valence-electron chi connectivity index (χ0n) is 24.7. The number of aryl methyl sites for hydroxylation is 1. The minimum atomic E-state index is -0.818. The van der Waals surface area contributed by atoms with Crippen molar-refractivity contribution in [2.45, 2.75) is 84.6 Å². The molecule has 12 heteroatoms. The number of pyridine rings is 2. The minimum absolute atomic E-state index is 0.0903. The number of ether oxygens (including phenoxy) is 2. The van der Waals surface area contributed by atoms with Crippen molar-refractivity contribution >= 4 is 28.9 Å². The van der Waals surface area contributed by atoms with E-state index in [1.807, 2.05) is 13.0 Å². The van der Waals surface area contributed by atoms with Crippen molar-refractivity contribution < 1.29 is 33.1 Å². The lowest BCUT2D eigenvalue weighted by Crippen LogP contribution is -2.38. The molecule has 2 unspecified atom stereocenters. The molecule has 3 aliphatic rings. The van der Waals surface area contributed by atoms with Crippen LogP contribution in [-0.4, -0.2) is 39.7 Å². The fourth-order valence-electron chi connectivity index (χ4n) is 6.42. The Bertz CT molecular complexity index is 1780. The van der Waals surface area contributed by atoms with E-state index in [4.69, 9.17) is 19.3 Å². The molecule has 2 aliphatic heterocycles. The van der Waals surface area contributed by atoms with Gasteiger partial charge in [-0.25, -0.2) is 14.2 Å². The van der Waals surface area contributed by atoms with E-state index in [1.54, 1.807) is 32.3 Å². The molecule has 6 rings (SSSR count). The number of carbonyl (C=O) groups excluding carboxylic acids is 3. The summed E-state index contributed by atoms with van der Waals surface area (Å²) in [6.07, 6.45) is 0.649. The van der Waals surface area contributed by atoms with Crippen LogP contribution in [0.1, 0.15) is 85.9 Å². The van der Waals surface area contributed by atoms with E-state index >= 15 is 4.39 Å². The van der Waals surface area contributed by atoms with Crippen LogP contribution in [0, 0.1) is 12.7 Å². The first kappa shape index (κ1) is 28.8. The van der Waals surface area contributed by atoms with Crippen LogP contribution in [0.4, 0.5) is 9.18 Å². The van der Waals surface area contributed by atoms with Gasteiger partial charge in [-0.05, 0) is 75.3 Å². The molecule has 0 saturated carbocycles. The van der Waals surface area contributed by atoms with Crippen molar-refractivity contribution in [1.29, 1.82) is 0 Å². The van der Waals surface area contributed by atoms with Gasteiger partial charge in [0.05, 0.1) is 41.0 Å². The highest BCUT2D eigenvalue weighted by Crippen LogP contribution is 2.45. The van der Waals surface area contributed by atoms with Crippen LogP contribution in [0.15, 0.2) is 16.9 Å². The van der Waals surface area contributed by atoms with Crippen LogP contribution in [0.25, 0.3) is 22.3 Å². The molecule has 0 fully saturated rings. The van der Waals surface area contributed by atoms with E-state index in [1.165, 1.54) is 6.07 Å². The molecule has 1 aliphatic carbocycles. The van der Waals surface area contributed by atoms with Gasteiger partial charge in [0.2, 0.25) is 5.91 Å². The van der Waals surface area contributed by atoms with Crippen LogP contribution in [0.2, 0.25) is 0 Å². The van der Waals surface area contributed by atoms with Gasteiger partial charge in [0.1, 0.15) is 18.0 Å². The number of benzene rings is 1. The molecular weight excluding hydrogens is 559 g/mol. The molecule has 2 atom stereocenters. The van der Waals surface area contributed by atoms with Crippen LogP contribution in [-0.2, 0) is 43.5 Å². The average Bonchev–Trinajstić information content (AvgIpc) is 3.29. The molecule has 11 nitrogen and oxygen atoms in total. The lowest BCUT2D eigenvalue weighted by Gasteiger charge is -2.29. The average molecular weight is 593 g/mol. The monoisotopic (exact) mass is 592 g/mol. The number of nitrogens with zero attached hydrogens (tertiary/aromatic N) is 2. The first-order chi connectivity index (χ1) is 20.4. The summed E-state index contributed by atoms with van der Waals surface area (Å²) in [5, 5.41) is 3.76. The fraction of sp³-hybridized carbons (Fsp3) is 0.452. The Morgan fingerprint density at radius 2 is 1.95 bits per heavy atom. The molecule has 0 bridgehead atoms. The summed E-state index contributed by atoms with van der Waals surface area (Å²) in [7, 11) is 0. The molecule has 43 heavy (non-hydrogen) atoms. The maximum absolute atomic E-state index is 15.1. The Balaban J connectivity index is 1.39. The lowest BCUT2D eigenvalue weighted by atomic mass is 9.81. The summed E-state index contributed by atoms with van der Waals surface area (Å²) in [6.45, 7) is 8.37. The Kier molecular flexibility index (Phi) is 6.99. The molecule has 2 aromatic heterocycles. The molecule has 0 radical (unpaired) electrons. The van der Waals surface area contributed by atoms with Gasteiger partial charge < -0.3 is 19.4 Å². The standard InChI is InChI=1S/C31H33FN4O7/c1-6-15-17-9-23-27-18(11-36(23)28(38)19(17)12-41-29(15)39)26-21(33-24(37)13-42-35-30(40)43-31(3,4)5)8-7-16-14(2)20(32)10-22(34-27)25(16)26/h9-10,15,21H,6-8,11-13H2,1-5H3,(H,33,37)(H,35,40). The number of hydroxylamine groups is 1. The second-order valence-corrected chi connectivity index (χ2v) is 12.2. The number of hydrogen-bond acceptors (Lipinski definition) is 8. The van der Waals surface area contributed by atoms with Crippen molar-refractivity contribution in [3.63, 3.8) is 0 Å². The number of hydrogen-bond donors (Lipinski definition) is 2. The highest BCUT2D eigenvalue weighted by atomic mass is 19.1. The number of rotatable bonds is 5. The fourth-order valence-corrected chi connectivity index (χ4v) is 6.42. The van der Waals surface area contributed by atoms with Crippen LogP contribution in [0.3, 0.4) is 0 Å². The maximum atomic E-state index is 15.1. The number of fused-ring (bicyclic) bond motifs is 5. The number of cyclic esters (lactones) is 1. The van der Waals surface area contributed by atoms with Crippen molar-refractivity contribution in [3.8, 4) is 11.4 Å². The number of aromatic nitrogens is 2. The summed E-state index contributed by atoms with van der Waals surface area (Å²) >= 11 is 0. The van der Waals surface area contributed by atoms with E-state index in [-0.39, 0.29) is 30.5 Å². The lowest BCUT2D eigenvalue weighted by molar-refractivity contribution is -0.148. The van der Waals surface area contributed by atoms with E-state index in [9.17, 15) is 19.2 Å². The molecule has 3 aromatic rings. The molecule has 2 N–H and O–H groups in total. The SMILES string of the molecule is CCC1C(=O)OCc2c1cc1n(c2=O)Cc2c-1nc1cc(F)c(C)c3c1c2C(NC(=O)CONC(=O)OC(C)(C)C)CC3. The van der Waals surface area contributed by atoms with Gasteiger partial charge in [0.25, 0.3) is 5.56 Å². The third kappa shape index (κ3) is 4.93. The second kappa shape index (κ2) is 10.4. The summed E-state index contributed by atoms with van der Waals surface area (Å²) in [5.41, 5.74) is 6.59. The highest BCUT2D eigenvalue weighted by Gasteiger charge is 2.37. The van der Waals surface area contributed by atoms with Crippen molar-refractivity contribution in [1.82, 2.24) is 20.3 Å². The largest absolute Gasteiger partial charge is 0.460 e. The third-order valence-electron chi connectivity index (χ3n) is 8.29. The van der Waals surface area contributed by atoms with Gasteiger partial charge in [-0.3, -0.25) is 19.2 Å². The third-order valence-corrected chi connectivity index (χ3v) is 8.29. The van der Waals surface area contributed by atoms with Gasteiger partial charge in [-0.1, -0.05) is 6.92 Å². The Hall–Kier alpha value is -4.32. The Morgan fingerprint density at radius 3 is 2.67 bits per heavy atom. The van der Waals surface area contributed by atoms with E-state index in [0.717, 1.165) is 22.1 Å². The summed E-state index contributed by atoms with van der Waals surface area (Å²) in [6, 6.07) is 2.74. The van der Waals surface area contributed by atoms with Gasteiger partial charge in [0.15, 0.2) is 6.61 Å². The van der Waals surface area contributed by atoms with Crippen molar-refractivity contribution in [2.75, 3.05) is 6.61 Å². The van der Waals surface area contributed by atoms with E-state index in [0.29, 0.717) is 52.9 Å². The summed E-state index contributed by atoms with van der Waals surface area (Å²) in [5.74, 6) is -1.78. The van der Waals surface area contributed by atoms with Crippen molar-refractivity contribution in [2.24, 2.45) is 0 Å². The number of amides is 2. The number of nitrogens with one attached hydrogen (secondary N) is 2. The van der Waals surface area contributed by atoms with Crippen molar-refractivity contribution in [3.05, 3.63) is 61.7 Å².